The highest BCUT2D eigenvalue weighted by Gasteiger charge is 2.22. The van der Waals surface area contributed by atoms with E-state index in [4.69, 9.17) is 5.11 Å². The zero-order valence-corrected chi connectivity index (χ0v) is 10.2. The summed E-state index contributed by atoms with van der Waals surface area (Å²) in [5.41, 5.74) is 0. The lowest BCUT2D eigenvalue weighted by molar-refractivity contribution is -0.129. The van der Waals surface area contributed by atoms with Crippen LogP contribution in [0.1, 0.15) is 33.6 Å². The summed E-state index contributed by atoms with van der Waals surface area (Å²) in [6.45, 7) is 5.83. The lowest BCUT2D eigenvalue weighted by Gasteiger charge is -2.20. The minimum atomic E-state index is -0.480. The average molecular weight is 230 g/mol. The maximum absolute atomic E-state index is 11.7. The lowest BCUT2D eigenvalue weighted by atomic mass is 10.0. The number of hydrogen-bond acceptors (Lipinski definition) is 3. The lowest BCUT2D eigenvalue weighted by Crippen LogP contribution is -2.49. The van der Waals surface area contributed by atoms with Gasteiger partial charge in [0.25, 0.3) is 0 Å². The van der Waals surface area contributed by atoms with Crippen molar-refractivity contribution in [2.45, 2.75) is 39.7 Å². The van der Waals surface area contributed by atoms with Gasteiger partial charge in [0.1, 0.15) is 6.04 Å². The monoisotopic (exact) mass is 230 g/mol. The quantitative estimate of drug-likeness (QED) is 0.540. The van der Waals surface area contributed by atoms with Gasteiger partial charge in [-0.15, -0.1) is 0 Å². The van der Waals surface area contributed by atoms with E-state index in [1.54, 1.807) is 0 Å². The number of unbranched alkanes of at least 4 members (excludes halogenated alkanes) is 1. The first-order chi connectivity index (χ1) is 7.49. The van der Waals surface area contributed by atoms with Crippen molar-refractivity contribution in [3.63, 3.8) is 0 Å². The predicted octanol–water partition coefficient (Wildman–Crippen LogP) is 0.0358. The summed E-state index contributed by atoms with van der Waals surface area (Å²) < 4.78 is 0. The highest BCUT2D eigenvalue weighted by atomic mass is 16.3. The molecule has 0 fully saturated rings. The van der Waals surface area contributed by atoms with E-state index < -0.39 is 6.04 Å². The average Bonchev–Trinajstić information content (AvgIpc) is 2.20. The van der Waals surface area contributed by atoms with E-state index in [1.165, 1.54) is 6.92 Å². The number of rotatable bonds is 7. The summed E-state index contributed by atoms with van der Waals surface area (Å²) >= 11 is 0. The molecule has 0 saturated carbocycles. The highest BCUT2D eigenvalue weighted by molar-refractivity contribution is 5.86. The van der Waals surface area contributed by atoms with Crippen molar-refractivity contribution in [3.8, 4) is 0 Å². The summed E-state index contributed by atoms with van der Waals surface area (Å²) in [5.74, 6) is -0.311. The van der Waals surface area contributed by atoms with Gasteiger partial charge >= 0.3 is 0 Å². The number of aliphatic hydroxyl groups is 1. The van der Waals surface area contributed by atoms with Crippen LogP contribution in [0.25, 0.3) is 0 Å². The first-order valence-corrected chi connectivity index (χ1v) is 5.64. The van der Waals surface area contributed by atoms with Gasteiger partial charge in [-0.3, -0.25) is 9.59 Å². The standard InChI is InChI=1S/C11H22N2O3/c1-8(2)10(13-9(3)15)11(16)12-6-4-5-7-14/h8,10,14H,4-7H2,1-3H3,(H,12,16)(H,13,15). The highest BCUT2D eigenvalue weighted by Crippen LogP contribution is 2.01. The Kier molecular flexibility index (Phi) is 7.54. The largest absolute Gasteiger partial charge is 0.396 e. The van der Waals surface area contributed by atoms with Crippen LogP contribution in [-0.2, 0) is 9.59 Å². The molecule has 0 radical (unpaired) electrons. The van der Waals surface area contributed by atoms with Crippen LogP contribution in [0.5, 0.6) is 0 Å². The molecule has 5 nitrogen and oxygen atoms in total. The van der Waals surface area contributed by atoms with E-state index in [2.05, 4.69) is 10.6 Å². The molecule has 0 heterocycles. The van der Waals surface area contributed by atoms with Gasteiger partial charge in [-0.2, -0.15) is 0 Å². The van der Waals surface area contributed by atoms with Crippen molar-refractivity contribution in [1.29, 1.82) is 0 Å². The van der Waals surface area contributed by atoms with Crippen molar-refractivity contribution in [2.75, 3.05) is 13.2 Å². The third-order valence-electron chi connectivity index (χ3n) is 2.19. The first-order valence-electron chi connectivity index (χ1n) is 5.64. The number of carbonyl (C=O) groups excluding carboxylic acids is 2. The topological polar surface area (TPSA) is 78.4 Å². The normalized spacial score (nSPS) is 12.3. The molecule has 5 heteroatoms. The molecule has 0 spiro atoms. The third kappa shape index (κ3) is 6.40. The van der Waals surface area contributed by atoms with Crippen LogP contribution in [0, 0.1) is 5.92 Å². The van der Waals surface area contributed by atoms with Crippen molar-refractivity contribution in [1.82, 2.24) is 10.6 Å². The molecule has 3 N–H and O–H groups in total. The Balaban J connectivity index is 4.02. The van der Waals surface area contributed by atoms with E-state index >= 15 is 0 Å². The second-order valence-corrected chi connectivity index (χ2v) is 4.14. The van der Waals surface area contributed by atoms with Gasteiger partial charge in [0.15, 0.2) is 0 Å². The molecule has 16 heavy (non-hydrogen) atoms. The van der Waals surface area contributed by atoms with E-state index in [0.29, 0.717) is 13.0 Å². The maximum Gasteiger partial charge on any atom is 0.242 e. The molecule has 1 unspecified atom stereocenters. The molecule has 1 atom stereocenters. The predicted molar refractivity (Wildman–Crippen MR) is 61.8 cm³/mol. The van der Waals surface area contributed by atoms with E-state index in [1.807, 2.05) is 13.8 Å². The van der Waals surface area contributed by atoms with Crippen molar-refractivity contribution >= 4 is 11.8 Å². The molecule has 0 aliphatic heterocycles. The Morgan fingerprint density at radius 1 is 1.25 bits per heavy atom. The number of aliphatic hydroxyl groups excluding tert-OH is 1. The SMILES string of the molecule is CC(=O)NC(C(=O)NCCCCO)C(C)C. The molecule has 0 aliphatic rings. The first kappa shape index (κ1) is 14.9. The van der Waals surface area contributed by atoms with Crippen LogP contribution in [0.15, 0.2) is 0 Å². The fraction of sp³-hybridized carbons (Fsp3) is 0.818. The Bertz CT molecular complexity index is 229. The molecule has 2 amide bonds. The number of carbonyl (C=O) groups is 2. The summed E-state index contributed by atoms with van der Waals surface area (Å²) in [5, 5.41) is 13.9. The van der Waals surface area contributed by atoms with Gasteiger partial charge in [0, 0.05) is 20.1 Å². The van der Waals surface area contributed by atoms with Gasteiger partial charge in [-0.05, 0) is 18.8 Å². The second kappa shape index (κ2) is 8.10. The molecule has 94 valence electrons. The molecule has 0 saturated heterocycles. The van der Waals surface area contributed by atoms with Crippen molar-refractivity contribution in [2.24, 2.45) is 5.92 Å². The number of nitrogens with one attached hydrogen (secondary N) is 2. The molecule has 0 rings (SSSR count). The third-order valence-corrected chi connectivity index (χ3v) is 2.19. The number of hydrogen-bond donors (Lipinski definition) is 3. The fourth-order valence-corrected chi connectivity index (χ4v) is 1.31. The van der Waals surface area contributed by atoms with Crippen LogP contribution < -0.4 is 10.6 Å². The molecule has 0 aromatic carbocycles. The van der Waals surface area contributed by atoms with E-state index in [-0.39, 0.29) is 24.3 Å². The molecular weight excluding hydrogens is 208 g/mol. The Morgan fingerprint density at radius 3 is 2.31 bits per heavy atom. The van der Waals surface area contributed by atoms with Crippen molar-refractivity contribution < 1.29 is 14.7 Å². The molecular formula is C11H22N2O3. The van der Waals surface area contributed by atoms with Gasteiger partial charge in [-0.25, -0.2) is 0 Å². The van der Waals surface area contributed by atoms with Crippen LogP contribution >= 0.6 is 0 Å². The molecule has 0 bridgehead atoms. The summed E-state index contributed by atoms with van der Waals surface area (Å²) in [7, 11) is 0. The molecule has 0 aliphatic carbocycles. The second-order valence-electron chi connectivity index (χ2n) is 4.14. The van der Waals surface area contributed by atoms with Crippen LogP contribution in [0.2, 0.25) is 0 Å². The smallest absolute Gasteiger partial charge is 0.242 e. The van der Waals surface area contributed by atoms with Crippen LogP contribution in [-0.4, -0.2) is 36.1 Å². The molecule has 0 aromatic rings. The Labute approximate surface area is 96.6 Å². The van der Waals surface area contributed by atoms with Crippen LogP contribution in [0.3, 0.4) is 0 Å². The van der Waals surface area contributed by atoms with E-state index in [0.717, 1.165) is 6.42 Å². The minimum Gasteiger partial charge on any atom is -0.396 e. The van der Waals surface area contributed by atoms with Gasteiger partial charge in [-0.1, -0.05) is 13.8 Å². The summed E-state index contributed by atoms with van der Waals surface area (Å²) in [6, 6.07) is -0.480. The van der Waals surface area contributed by atoms with E-state index in [9.17, 15) is 9.59 Å². The van der Waals surface area contributed by atoms with Gasteiger partial charge in [0.05, 0.1) is 0 Å². The zero-order valence-electron chi connectivity index (χ0n) is 10.2. The maximum atomic E-state index is 11.7. The van der Waals surface area contributed by atoms with Crippen molar-refractivity contribution in [3.05, 3.63) is 0 Å². The zero-order chi connectivity index (χ0) is 12.6. The minimum absolute atomic E-state index is 0.0572. The van der Waals surface area contributed by atoms with Gasteiger partial charge in [0.2, 0.25) is 11.8 Å². The Morgan fingerprint density at radius 2 is 1.88 bits per heavy atom. The summed E-state index contributed by atoms with van der Waals surface area (Å²) in [6.07, 6.45) is 1.42. The fourth-order valence-electron chi connectivity index (χ4n) is 1.31. The number of amides is 2. The summed E-state index contributed by atoms with van der Waals surface area (Å²) in [4.78, 5) is 22.6. The van der Waals surface area contributed by atoms with Gasteiger partial charge < -0.3 is 15.7 Å². The van der Waals surface area contributed by atoms with Crippen LogP contribution in [0.4, 0.5) is 0 Å². The molecule has 0 aromatic heterocycles. The Hall–Kier alpha value is -1.10.